The topological polar surface area (TPSA) is 49.2 Å². The summed E-state index contributed by atoms with van der Waals surface area (Å²) in [5.41, 5.74) is 0.472. The van der Waals surface area contributed by atoms with E-state index < -0.39 is 0 Å². The van der Waals surface area contributed by atoms with Gasteiger partial charge < -0.3 is 9.64 Å². The fourth-order valence-corrected chi connectivity index (χ4v) is 2.26. The Bertz CT molecular complexity index is 439. The van der Waals surface area contributed by atoms with E-state index in [4.69, 9.17) is 10.00 Å². The standard InChI is InChI=1S/C14H19N3O/c1-11(2)8-13-10-17(6-7-18-13)14-5-3-4-12(9-15)16-14/h3-5,11,13H,6-8,10H2,1-2H3/t13-/m1/s1. The average Bonchev–Trinajstić information content (AvgIpc) is 2.38. The zero-order valence-electron chi connectivity index (χ0n) is 11.0. The van der Waals surface area contributed by atoms with Crippen molar-refractivity contribution >= 4 is 5.82 Å². The van der Waals surface area contributed by atoms with Crippen LogP contribution in [-0.4, -0.2) is 30.8 Å². The fourth-order valence-electron chi connectivity index (χ4n) is 2.26. The van der Waals surface area contributed by atoms with E-state index >= 15 is 0 Å². The number of nitrogens with zero attached hydrogens (tertiary/aromatic N) is 3. The lowest BCUT2D eigenvalue weighted by Gasteiger charge is -2.34. The SMILES string of the molecule is CC(C)C[C@@H]1CN(c2cccc(C#N)n2)CCO1. The minimum atomic E-state index is 0.270. The van der Waals surface area contributed by atoms with Crippen LogP contribution in [0.5, 0.6) is 0 Å². The summed E-state index contributed by atoms with van der Waals surface area (Å²) in [5.74, 6) is 1.51. The van der Waals surface area contributed by atoms with E-state index in [0.29, 0.717) is 11.6 Å². The highest BCUT2D eigenvalue weighted by molar-refractivity contribution is 5.42. The first-order valence-corrected chi connectivity index (χ1v) is 6.42. The van der Waals surface area contributed by atoms with E-state index in [1.165, 1.54) is 0 Å². The summed E-state index contributed by atoms with van der Waals surface area (Å²) in [4.78, 5) is 6.54. The van der Waals surface area contributed by atoms with Crippen LogP contribution in [-0.2, 0) is 4.74 Å². The monoisotopic (exact) mass is 245 g/mol. The summed E-state index contributed by atoms with van der Waals surface area (Å²) in [6, 6.07) is 7.65. The van der Waals surface area contributed by atoms with E-state index in [2.05, 4.69) is 29.8 Å². The average molecular weight is 245 g/mol. The summed E-state index contributed by atoms with van der Waals surface area (Å²) in [7, 11) is 0. The molecule has 2 heterocycles. The van der Waals surface area contributed by atoms with Gasteiger partial charge in [0.05, 0.1) is 12.7 Å². The van der Waals surface area contributed by atoms with Gasteiger partial charge in [0.2, 0.25) is 0 Å². The summed E-state index contributed by atoms with van der Waals surface area (Å²) in [5, 5.41) is 8.88. The number of ether oxygens (including phenoxy) is 1. The van der Waals surface area contributed by atoms with Crippen molar-refractivity contribution in [2.75, 3.05) is 24.6 Å². The van der Waals surface area contributed by atoms with Gasteiger partial charge in [-0.25, -0.2) is 4.98 Å². The van der Waals surface area contributed by atoms with Crippen molar-refractivity contribution in [3.05, 3.63) is 23.9 Å². The lowest BCUT2D eigenvalue weighted by atomic mass is 10.0. The van der Waals surface area contributed by atoms with Crippen LogP contribution in [0.4, 0.5) is 5.82 Å². The molecule has 0 spiro atoms. The van der Waals surface area contributed by atoms with Crippen molar-refractivity contribution in [2.24, 2.45) is 5.92 Å². The van der Waals surface area contributed by atoms with Gasteiger partial charge in [-0.2, -0.15) is 5.26 Å². The molecule has 0 aliphatic carbocycles. The number of aromatic nitrogens is 1. The second-order valence-electron chi connectivity index (χ2n) is 5.06. The highest BCUT2D eigenvalue weighted by atomic mass is 16.5. The smallest absolute Gasteiger partial charge is 0.142 e. The Kier molecular flexibility index (Phi) is 4.16. The third-order valence-corrected chi connectivity index (χ3v) is 3.05. The van der Waals surface area contributed by atoms with E-state index in [9.17, 15) is 0 Å². The van der Waals surface area contributed by atoms with Crippen LogP contribution in [0, 0.1) is 17.2 Å². The van der Waals surface area contributed by atoms with Gasteiger partial charge in [-0.05, 0) is 24.5 Å². The van der Waals surface area contributed by atoms with Crippen molar-refractivity contribution in [1.29, 1.82) is 5.26 Å². The van der Waals surface area contributed by atoms with Crippen molar-refractivity contribution in [3.63, 3.8) is 0 Å². The molecular formula is C14H19N3O. The van der Waals surface area contributed by atoms with Crippen LogP contribution in [0.25, 0.3) is 0 Å². The van der Waals surface area contributed by atoms with Crippen LogP contribution < -0.4 is 4.90 Å². The first-order valence-electron chi connectivity index (χ1n) is 6.42. The molecule has 1 fully saturated rings. The molecular weight excluding hydrogens is 226 g/mol. The molecule has 4 heteroatoms. The quantitative estimate of drug-likeness (QED) is 0.819. The predicted molar refractivity (Wildman–Crippen MR) is 70.4 cm³/mol. The van der Waals surface area contributed by atoms with Gasteiger partial charge in [0.15, 0.2) is 0 Å². The van der Waals surface area contributed by atoms with Gasteiger partial charge in [-0.1, -0.05) is 19.9 Å². The van der Waals surface area contributed by atoms with Crippen molar-refractivity contribution in [2.45, 2.75) is 26.4 Å². The summed E-state index contributed by atoms with van der Waals surface area (Å²) in [6.45, 7) is 6.85. The molecule has 4 nitrogen and oxygen atoms in total. The molecule has 0 amide bonds. The van der Waals surface area contributed by atoms with Gasteiger partial charge in [0, 0.05) is 13.1 Å². The fraction of sp³-hybridized carbons (Fsp3) is 0.571. The number of hydrogen-bond acceptors (Lipinski definition) is 4. The number of rotatable bonds is 3. The maximum atomic E-state index is 8.88. The summed E-state index contributed by atoms with van der Waals surface area (Å²) < 4.78 is 5.76. The third kappa shape index (κ3) is 3.21. The highest BCUT2D eigenvalue weighted by Crippen LogP contribution is 2.19. The lowest BCUT2D eigenvalue weighted by molar-refractivity contribution is 0.0273. The molecule has 96 valence electrons. The Hall–Kier alpha value is -1.60. The van der Waals surface area contributed by atoms with Crippen LogP contribution in [0.1, 0.15) is 26.0 Å². The number of morpholine rings is 1. The first-order chi connectivity index (χ1) is 8.69. The van der Waals surface area contributed by atoms with Crippen molar-refractivity contribution < 1.29 is 4.74 Å². The molecule has 1 saturated heterocycles. The minimum absolute atomic E-state index is 0.270. The van der Waals surface area contributed by atoms with Crippen molar-refractivity contribution in [1.82, 2.24) is 4.98 Å². The van der Waals surface area contributed by atoms with Crippen LogP contribution in [0.15, 0.2) is 18.2 Å². The van der Waals surface area contributed by atoms with E-state index in [0.717, 1.165) is 31.9 Å². The van der Waals surface area contributed by atoms with Gasteiger partial charge in [0.25, 0.3) is 0 Å². The molecule has 1 aromatic rings. The van der Waals surface area contributed by atoms with Crippen molar-refractivity contribution in [3.8, 4) is 6.07 Å². The Labute approximate surface area is 108 Å². The number of pyridine rings is 1. The Morgan fingerprint density at radius 1 is 1.56 bits per heavy atom. The molecule has 0 radical (unpaired) electrons. The summed E-state index contributed by atoms with van der Waals surface area (Å²) >= 11 is 0. The van der Waals surface area contributed by atoms with E-state index in [1.807, 2.05) is 12.1 Å². The van der Waals surface area contributed by atoms with Gasteiger partial charge in [0.1, 0.15) is 17.6 Å². The molecule has 1 aliphatic rings. The van der Waals surface area contributed by atoms with Gasteiger partial charge in [-0.15, -0.1) is 0 Å². The zero-order valence-corrected chi connectivity index (χ0v) is 11.0. The molecule has 0 saturated carbocycles. The van der Waals surface area contributed by atoms with Crippen LogP contribution in [0.2, 0.25) is 0 Å². The normalized spacial score (nSPS) is 19.9. The molecule has 0 aromatic carbocycles. The Balaban J connectivity index is 2.06. The molecule has 0 bridgehead atoms. The van der Waals surface area contributed by atoms with Gasteiger partial charge >= 0.3 is 0 Å². The minimum Gasteiger partial charge on any atom is -0.375 e. The second kappa shape index (κ2) is 5.83. The molecule has 18 heavy (non-hydrogen) atoms. The van der Waals surface area contributed by atoms with E-state index in [-0.39, 0.29) is 6.10 Å². The number of hydrogen-bond donors (Lipinski definition) is 0. The molecule has 1 atom stereocenters. The van der Waals surface area contributed by atoms with Crippen LogP contribution >= 0.6 is 0 Å². The van der Waals surface area contributed by atoms with Crippen LogP contribution in [0.3, 0.4) is 0 Å². The maximum Gasteiger partial charge on any atom is 0.142 e. The highest BCUT2D eigenvalue weighted by Gasteiger charge is 2.22. The Morgan fingerprint density at radius 2 is 2.39 bits per heavy atom. The summed E-state index contributed by atoms with van der Waals surface area (Å²) in [6.07, 6.45) is 1.33. The van der Waals surface area contributed by atoms with Gasteiger partial charge in [-0.3, -0.25) is 0 Å². The predicted octanol–water partition coefficient (Wildman–Crippen LogP) is 2.20. The first kappa shape index (κ1) is 12.8. The van der Waals surface area contributed by atoms with E-state index in [1.54, 1.807) is 6.07 Å². The lowest BCUT2D eigenvalue weighted by Crippen LogP contribution is -2.43. The molecule has 0 unspecified atom stereocenters. The molecule has 0 N–H and O–H groups in total. The maximum absolute atomic E-state index is 8.88. The number of anilines is 1. The number of nitriles is 1. The molecule has 2 rings (SSSR count). The second-order valence-corrected chi connectivity index (χ2v) is 5.06. The largest absolute Gasteiger partial charge is 0.375 e. The zero-order chi connectivity index (χ0) is 13.0. The molecule has 1 aromatic heterocycles. The Morgan fingerprint density at radius 3 is 3.11 bits per heavy atom. The molecule has 1 aliphatic heterocycles. The third-order valence-electron chi connectivity index (χ3n) is 3.05.